The highest BCUT2D eigenvalue weighted by molar-refractivity contribution is 7.13. The molecule has 2 aromatic carbocycles. The first kappa shape index (κ1) is 20.5. The molecule has 6 heteroatoms. The minimum atomic E-state index is -0.412. The molecule has 1 amide bonds. The van der Waals surface area contributed by atoms with Crippen LogP contribution in [0.25, 0.3) is 10.6 Å². The topological polar surface area (TPSA) is 51.2 Å². The van der Waals surface area contributed by atoms with Crippen LogP contribution in [0.5, 0.6) is 5.75 Å². The number of ether oxygens (including phenoxy) is 1. The molecule has 0 bridgehead atoms. The van der Waals surface area contributed by atoms with Gasteiger partial charge in [0.2, 0.25) is 5.91 Å². The summed E-state index contributed by atoms with van der Waals surface area (Å²) in [6, 6.07) is 14.3. The molecular formula is C24H25FN2O2S. The van der Waals surface area contributed by atoms with Crippen LogP contribution in [0, 0.1) is 5.82 Å². The lowest BCUT2D eigenvalue weighted by Crippen LogP contribution is -2.44. The lowest BCUT2D eigenvalue weighted by Gasteiger charge is -2.31. The van der Waals surface area contributed by atoms with Crippen molar-refractivity contribution in [1.29, 1.82) is 0 Å². The van der Waals surface area contributed by atoms with Crippen LogP contribution in [0.1, 0.15) is 43.9 Å². The zero-order valence-corrected chi connectivity index (χ0v) is 17.8. The first-order valence-corrected chi connectivity index (χ1v) is 11.2. The van der Waals surface area contributed by atoms with Crippen molar-refractivity contribution in [1.82, 2.24) is 10.3 Å². The Morgan fingerprint density at radius 3 is 2.63 bits per heavy atom. The van der Waals surface area contributed by atoms with E-state index in [1.165, 1.54) is 23.5 Å². The molecule has 30 heavy (non-hydrogen) atoms. The number of rotatable bonds is 7. The number of thiazole rings is 1. The highest BCUT2D eigenvalue weighted by Crippen LogP contribution is 2.39. The standard InChI is InChI=1S/C24H25FN2O2S/c1-2-29-21-8-4-3-7-20(21)23-26-19(16-30-23)15-22(28)27-24(13-5-6-14-24)17-9-11-18(25)12-10-17/h3-4,7-12,16H,2,5-6,13-15H2,1H3,(H,27,28). The van der Waals surface area contributed by atoms with Crippen LogP contribution in [-0.4, -0.2) is 17.5 Å². The largest absolute Gasteiger partial charge is 0.493 e. The molecule has 0 unspecified atom stereocenters. The third-order valence-corrected chi connectivity index (χ3v) is 6.47. The van der Waals surface area contributed by atoms with E-state index in [0.717, 1.165) is 53.3 Å². The van der Waals surface area contributed by atoms with Crippen molar-refractivity contribution in [2.45, 2.75) is 44.6 Å². The van der Waals surface area contributed by atoms with Gasteiger partial charge in [0.05, 0.1) is 29.8 Å². The number of benzene rings is 2. The van der Waals surface area contributed by atoms with Crippen LogP contribution >= 0.6 is 11.3 Å². The van der Waals surface area contributed by atoms with Crippen LogP contribution in [0.15, 0.2) is 53.9 Å². The van der Waals surface area contributed by atoms with Crippen molar-refractivity contribution < 1.29 is 13.9 Å². The molecule has 0 radical (unpaired) electrons. The maximum Gasteiger partial charge on any atom is 0.226 e. The van der Waals surface area contributed by atoms with Crippen molar-refractivity contribution in [3.63, 3.8) is 0 Å². The number of para-hydroxylation sites is 1. The molecule has 1 aliphatic carbocycles. The number of halogens is 1. The van der Waals surface area contributed by atoms with Gasteiger partial charge in [-0.25, -0.2) is 9.37 Å². The highest BCUT2D eigenvalue weighted by Gasteiger charge is 2.37. The van der Waals surface area contributed by atoms with E-state index in [1.807, 2.05) is 36.6 Å². The molecule has 1 aliphatic rings. The molecule has 1 heterocycles. The fraction of sp³-hybridized carbons (Fsp3) is 0.333. The number of hydrogen-bond acceptors (Lipinski definition) is 4. The van der Waals surface area contributed by atoms with Crippen LogP contribution in [0.2, 0.25) is 0 Å². The quantitative estimate of drug-likeness (QED) is 0.547. The third kappa shape index (κ3) is 4.38. The summed E-state index contributed by atoms with van der Waals surface area (Å²) >= 11 is 1.51. The van der Waals surface area contributed by atoms with E-state index < -0.39 is 5.54 Å². The molecule has 1 saturated carbocycles. The fourth-order valence-electron chi connectivity index (χ4n) is 4.15. The SMILES string of the molecule is CCOc1ccccc1-c1nc(CC(=O)NC2(c3ccc(F)cc3)CCCC2)cs1. The Morgan fingerprint density at radius 2 is 1.90 bits per heavy atom. The predicted molar refractivity (Wildman–Crippen MR) is 117 cm³/mol. The summed E-state index contributed by atoms with van der Waals surface area (Å²) in [6.07, 6.45) is 4.05. The normalized spacial score (nSPS) is 15.1. The number of nitrogens with one attached hydrogen (secondary N) is 1. The monoisotopic (exact) mass is 424 g/mol. The lowest BCUT2D eigenvalue weighted by molar-refractivity contribution is -0.122. The summed E-state index contributed by atoms with van der Waals surface area (Å²) < 4.78 is 19.1. The maximum absolute atomic E-state index is 13.4. The molecule has 1 fully saturated rings. The summed E-state index contributed by atoms with van der Waals surface area (Å²) in [5, 5.41) is 6.01. The Bertz CT molecular complexity index is 1010. The average Bonchev–Trinajstić information content (AvgIpc) is 3.40. The van der Waals surface area contributed by atoms with Crippen molar-refractivity contribution >= 4 is 17.2 Å². The highest BCUT2D eigenvalue weighted by atomic mass is 32.1. The summed E-state index contributed by atoms with van der Waals surface area (Å²) in [4.78, 5) is 17.6. The molecule has 0 aliphatic heterocycles. The van der Waals surface area contributed by atoms with Gasteiger partial charge in [-0.15, -0.1) is 11.3 Å². The fourth-order valence-corrected chi connectivity index (χ4v) is 4.99. The van der Waals surface area contributed by atoms with Gasteiger partial charge in [0.15, 0.2) is 0 Å². The predicted octanol–water partition coefficient (Wildman–Crippen LogP) is 5.48. The van der Waals surface area contributed by atoms with E-state index in [9.17, 15) is 9.18 Å². The molecule has 4 rings (SSSR count). The van der Waals surface area contributed by atoms with Gasteiger partial charge in [-0.3, -0.25) is 4.79 Å². The van der Waals surface area contributed by atoms with E-state index in [1.54, 1.807) is 12.1 Å². The molecule has 4 nitrogen and oxygen atoms in total. The van der Waals surface area contributed by atoms with Crippen LogP contribution in [-0.2, 0) is 16.8 Å². The summed E-state index contributed by atoms with van der Waals surface area (Å²) in [5.41, 5.74) is 2.24. The van der Waals surface area contributed by atoms with Gasteiger partial charge < -0.3 is 10.1 Å². The van der Waals surface area contributed by atoms with Gasteiger partial charge in [-0.05, 0) is 49.6 Å². The molecule has 3 aromatic rings. The summed E-state index contributed by atoms with van der Waals surface area (Å²) in [6.45, 7) is 2.54. The Balaban J connectivity index is 1.49. The number of carbonyl (C=O) groups excluding carboxylic acids is 1. The van der Waals surface area contributed by atoms with E-state index >= 15 is 0 Å². The molecule has 0 atom stereocenters. The molecule has 156 valence electrons. The molecule has 0 spiro atoms. The van der Waals surface area contributed by atoms with E-state index in [2.05, 4.69) is 10.3 Å². The Kier molecular flexibility index (Phi) is 6.13. The first-order chi connectivity index (χ1) is 14.6. The number of carbonyl (C=O) groups is 1. The Labute approximate surface area is 180 Å². The number of hydrogen-bond donors (Lipinski definition) is 1. The molecular weight excluding hydrogens is 399 g/mol. The van der Waals surface area contributed by atoms with Crippen LogP contribution in [0.3, 0.4) is 0 Å². The average molecular weight is 425 g/mol. The second kappa shape index (κ2) is 8.96. The van der Waals surface area contributed by atoms with Crippen LogP contribution in [0.4, 0.5) is 4.39 Å². The third-order valence-electron chi connectivity index (χ3n) is 5.54. The second-order valence-electron chi connectivity index (χ2n) is 7.59. The summed E-state index contributed by atoms with van der Waals surface area (Å²) in [5.74, 6) is 0.475. The first-order valence-electron chi connectivity index (χ1n) is 10.3. The van der Waals surface area contributed by atoms with Gasteiger partial charge in [0, 0.05) is 5.38 Å². The van der Waals surface area contributed by atoms with Gasteiger partial charge in [-0.2, -0.15) is 0 Å². The molecule has 1 aromatic heterocycles. The van der Waals surface area contributed by atoms with Crippen molar-refractivity contribution in [3.05, 3.63) is 71.0 Å². The van der Waals surface area contributed by atoms with E-state index in [0.29, 0.717) is 6.61 Å². The van der Waals surface area contributed by atoms with Gasteiger partial charge in [0.25, 0.3) is 0 Å². The smallest absolute Gasteiger partial charge is 0.226 e. The van der Waals surface area contributed by atoms with Gasteiger partial charge in [0.1, 0.15) is 16.6 Å². The number of amides is 1. The maximum atomic E-state index is 13.4. The Hall–Kier alpha value is -2.73. The lowest BCUT2D eigenvalue weighted by atomic mass is 9.88. The van der Waals surface area contributed by atoms with Crippen molar-refractivity contribution in [2.24, 2.45) is 0 Å². The van der Waals surface area contributed by atoms with Crippen LogP contribution < -0.4 is 10.1 Å². The van der Waals surface area contributed by atoms with E-state index in [4.69, 9.17) is 4.74 Å². The second-order valence-corrected chi connectivity index (χ2v) is 8.45. The molecule has 0 saturated heterocycles. The Morgan fingerprint density at radius 1 is 1.17 bits per heavy atom. The zero-order valence-electron chi connectivity index (χ0n) is 17.0. The minimum absolute atomic E-state index is 0.0591. The number of aromatic nitrogens is 1. The van der Waals surface area contributed by atoms with Gasteiger partial charge in [-0.1, -0.05) is 37.1 Å². The number of nitrogens with zero attached hydrogens (tertiary/aromatic N) is 1. The van der Waals surface area contributed by atoms with E-state index in [-0.39, 0.29) is 18.1 Å². The van der Waals surface area contributed by atoms with Crippen molar-refractivity contribution in [2.75, 3.05) is 6.61 Å². The van der Waals surface area contributed by atoms with Gasteiger partial charge >= 0.3 is 0 Å². The zero-order chi connectivity index (χ0) is 21.0. The van der Waals surface area contributed by atoms with Crippen molar-refractivity contribution in [3.8, 4) is 16.3 Å². The minimum Gasteiger partial charge on any atom is -0.493 e. The summed E-state index contributed by atoms with van der Waals surface area (Å²) in [7, 11) is 0. The molecule has 1 N–H and O–H groups in total.